The minimum absolute atomic E-state index is 0.842. The first-order valence-corrected chi connectivity index (χ1v) is 21.1. The van der Waals surface area contributed by atoms with E-state index < -0.39 is 33.3 Å². The molecule has 0 rings (SSSR count). The zero-order valence-electron chi connectivity index (χ0n) is 16.1. The second-order valence-electron chi connectivity index (χ2n) is 9.22. The van der Waals surface area contributed by atoms with Crippen LogP contribution in [0, 0.1) is 0 Å². The number of hydrogen-bond acceptors (Lipinski definition) is 3. The Hall–Kier alpha value is 0.748. The van der Waals surface area contributed by atoms with Crippen LogP contribution in [0.3, 0.4) is 0 Å². The highest BCUT2D eigenvalue weighted by molar-refractivity contribution is 6.79. The molecule has 3 nitrogen and oxygen atoms in total. The van der Waals surface area contributed by atoms with Gasteiger partial charge in [-0.1, -0.05) is 39.3 Å². The maximum absolute atomic E-state index is 6.32. The third kappa shape index (κ3) is 14.1. The van der Waals surface area contributed by atoms with Gasteiger partial charge in [0.25, 0.3) is 0 Å². The Morgan fingerprint density at radius 1 is 0.524 bits per heavy atom. The summed E-state index contributed by atoms with van der Waals surface area (Å²) in [5.74, 6) is 0. The van der Waals surface area contributed by atoms with Gasteiger partial charge in [-0.15, -0.1) is 0 Å². The fourth-order valence-electron chi connectivity index (χ4n) is 1.86. The van der Waals surface area contributed by atoms with Gasteiger partial charge < -0.3 is 13.0 Å². The van der Waals surface area contributed by atoms with E-state index in [1.807, 2.05) is 0 Å². The maximum Gasteiger partial charge on any atom is 0.322 e. The molecule has 0 aliphatic heterocycles. The molecule has 0 saturated heterocycles. The van der Waals surface area contributed by atoms with Crippen LogP contribution in [0.1, 0.15) is 0 Å². The van der Waals surface area contributed by atoms with Crippen LogP contribution in [0.5, 0.6) is 0 Å². The van der Waals surface area contributed by atoms with Gasteiger partial charge in [-0.3, -0.25) is 0 Å². The molecule has 21 heavy (non-hydrogen) atoms. The summed E-state index contributed by atoms with van der Waals surface area (Å²) in [7, 11) is -6.19. The van der Waals surface area contributed by atoms with Crippen LogP contribution in [0.2, 0.25) is 77.6 Å². The molecule has 0 fully saturated rings. The van der Waals surface area contributed by atoms with E-state index in [-0.39, 0.29) is 0 Å². The SMILES string of the molecule is C[Si](C)(C)CCO[Si](C)(C)O[Si](C)(C)OCC[Si](C)(C)C. The lowest BCUT2D eigenvalue weighted by Crippen LogP contribution is -2.49. The first kappa shape index (κ1) is 21.7. The summed E-state index contributed by atoms with van der Waals surface area (Å²) in [5.41, 5.74) is 0. The summed E-state index contributed by atoms with van der Waals surface area (Å²) in [6, 6.07) is 2.40. The van der Waals surface area contributed by atoms with Crippen LogP contribution in [0.25, 0.3) is 0 Å². The molecule has 0 aromatic carbocycles. The zero-order valence-corrected chi connectivity index (χ0v) is 20.1. The highest BCUT2D eigenvalue weighted by Gasteiger charge is 2.36. The first-order valence-electron chi connectivity index (χ1n) is 8.10. The largest absolute Gasteiger partial charge is 0.415 e. The second kappa shape index (κ2) is 8.03. The molecular formula is C14H38O3Si4. The third-order valence-electron chi connectivity index (χ3n) is 3.10. The van der Waals surface area contributed by atoms with Crippen molar-refractivity contribution in [3.63, 3.8) is 0 Å². The van der Waals surface area contributed by atoms with Gasteiger partial charge >= 0.3 is 17.1 Å². The van der Waals surface area contributed by atoms with E-state index in [4.69, 9.17) is 13.0 Å². The van der Waals surface area contributed by atoms with Crippen molar-refractivity contribution in [1.82, 2.24) is 0 Å². The predicted molar refractivity (Wildman–Crippen MR) is 104 cm³/mol. The minimum Gasteiger partial charge on any atom is -0.415 e. The molecule has 0 atom stereocenters. The van der Waals surface area contributed by atoms with E-state index in [1.54, 1.807) is 0 Å². The van der Waals surface area contributed by atoms with E-state index in [2.05, 4.69) is 65.5 Å². The molecule has 0 unspecified atom stereocenters. The van der Waals surface area contributed by atoms with E-state index in [0.29, 0.717) is 0 Å². The fraction of sp³-hybridized carbons (Fsp3) is 1.00. The second-order valence-corrected chi connectivity index (χ2v) is 27.5. The average Bonchev–Trinajstić information content (AvgIpc) is 2.09. The molecule has 0 saturated carbocycles. The highest BCUT2D eigenvalue weighted by atomic mass is 28.5. The summed E-state index contributed by atoms with van der Waals surface area (Å²) >= 11 is 0. The van der Waals surface area contributed by atoms with Crippen LogP contribution >= 0.6 is 0 Å². The van der Waals surface area contributed by atoms with E-state index in [1.165, 1.54) is 12.1 Å². The standard InChI is InChI=1S/C14H38O3Si4/c1-18(2,3)13-11-15-20(7,8)17-21(9,10)16-12-14-19(4,5)6/h11-14H2,1-10H3. The van der Waals surface area contributed by atoms with Crippen molar-refractivity contribution >= 4 is 33.3 Å². The molecular weight excluding hydrogens is 328 g/mol. The zero-order chi connectivity index (χ0) is 16.9. The van der Waals surface area contributed by atoms with Gasteiger partial charge in [-0.25, -0.2) is 0 Å². The average molecular weight is 367 g/mol. The molecule has 0 heterocycles. The molecule has 0 aliphatic rings. The van der Waals surface area contributed by atoms with Crippen LogP contribution < -0.4 is 0 Å². The molecule has 0 spiro atoms. The van der Waals surface area contributed by atoms with Crippen molar-refractivity contribution in [2.45, 2.75) is 77.6 Å². The lowest BCUT2D eigenvalue weighted by molar-refractivity contribution is 0.207. The van der Waals surface area contributed by atoms with Crippen molar-refractivity contribution < 1.29 is 13.0 Å². The Morgan fingerprint density at radius 3 is 1.05 bits per heavy atom. The number of hydrogen-bond donors (Lipinski definition) is 0. The number of rotatable bonds is 10. The summed E-state index contributed by atoms with van der Waals surface area (Å²) in [4.78, 5) is 0. The van der Waals surface area contributed by atoms with Gasteiger partial charge in [0, 0.05) is 29.4 Å². The topological polar surface area (TPSA) is 27.7 Å². The summed E-state index contributed by atoms with van der Waals surface area (Å²) in [6.45, 7) is 24.5. The van der Waals surface area contributed by atoms with Gasteiger partial charge in [0.05, 0.1) is 0 Å². The lowest BCUT2D eigenvalue weighted by atomic mass is 10.9. The van der Waals surface area contributed by atoms with Gasteiger partial charge in [-0.05, 0) is 38.3 Å². The summed E-state index contributed by atoms with van der Waals surface area (Å²) < 4.78 is 18.5. The van der Waals surface area contributed by atoms with Gasteiger partial charge in [0.15, 0.2) is 0 Å². The van der Waals surface area contributed by atoms with Crippen molar-refractivity contribution in [2.24, 2.45) is 0 Å². The van der Waals surface area contributed by atoms with Crippen molar-refractivity contribution in [3.8, 4) is 0 Å². The smallest absolute Gasteiger partial charge is 0.322 e. The maximum atomic E-state index is 6.32. The van der Waals surface area contributed by atoms with Crippen LogP contribution in [0.15, 0.2) is 0 Å². The Morgan fingerprint density at radius 2 is 0.810 bits per heavy atom. The molecule has 0 amide bonds. The Kier molecular flexibility index (Phi) is 8.31. The van der Waals surface area contributed by atoms with Gasteiger partial charge in [0.2, 0.25) is 0 Å². The highest BCUT2D eigenvalue weighted by Crippen LogP contribution is 2.19. The lowest BCUT2D eigenvalue weighted by Gasteiger charge is -2.33. The van der Waals surface area contributed by atoms with Crippen LogP contribution in [0.4, 0.5) is 0 Å². The van der Waals surface area contributed by atoms with E-state index in [0.717, 1.165) is 13.2 Å². The minimum atomic E-state index is -2.06. The fourth-order valence-corrected chi connectivity index (χ4v) is 10.1. The molecule has 128 valence electrons. The third-order valence-corrected chi connectivity index (χ3v) is 12.2. The normalized spacial score (nSPS) is 14.6. The van der Waals surface area contributed by atoms with Crippen LogP contribution in [-0.4, -0.2) is 46.5 Å². The quantitative estimate of drug-likeness (QED) is 0.502. The van der Waals surface area contributed by atoms with Crippen LogP contribution in [-0.2, 0) is 13.0 Å². The Bertz CT molecular complexity index is 276. The molecule has 7 heteroatoms. The molecule has 0 bridgehead atoms. The van der Waals surface area contributed by atoms with Crippen molar-refractivity contribution in [3.05, 3.63) is 0 Å². The first-order chi connectivity index (χ1) is 9.12. The van der Waals surface area contributed by atoms with Gasteiger partial charge in [-0.2, -0.15) is 0 Å². The molecule has 0 N–H and O–H groups in total. The molecule has 0 aromatic heterocycles. The predicted octanol–water partition coefficient (Wildman–Crippen LogP) is 5.12. The Balaban J connectivity index is 4.21. The van der Waals surface area contributed by atoms with E-state index in [9.17, 15) is 0 Å². The summed E-state index contributed by atoms with van der Waals surface area (Å²) in [6.07, 6.45) is 0. The molecule has 0 radical (unpaired) electrons. The molecule has 0 aromatic rings. The van der Waals surface area contributed by atoms with Gasteiger partial charge in [0.1, 0.15) is 0 Å². The Labute approximate surface area is 137 Å². The van der Waals surface area contributed by atoms with E-state index >= 15 is 0 Å². The summed E-state index contributed by atoms with van der Waals surface area (Å²) in [5, 5.41) is 0. The monoisotopic (exact) mass is 366 g/mol. The van der Waals surface area contributed by atoms with Crippen molar-refractivity contribution in [1.29, 1.82) is 0 Å². The molecule has 0 aliphatic carbocycles. The van der Waals surface area contributed by atoms with Crippen molar-refractivity contribution in [2.75, 3.05) is 13.2 Å².